The van der Waals surface area contributed by atoms with E-state index in [0.29, 0.717) is 5.95 Å². The summed E-state index contributed by atoms with van der Waals surface area (Å²) in [6.45, 7) is 2.11. The lowest BCUT2D eigenvalue weighted by atomic mass is 10.1. The van der Waals surface area contributed by atoms with E-state index in [1.165, 1.54) is 5.56 Å². The van der Waals surface area contributed by atoms with Gasteiger partial charge in [0.1, 0.15) is 12.1 Å². The highest BCUT2D eigenvalue weighted by Crippen LogP contribution is 2.28. The summed E-state index contributed by atoms with van der Waals surface area (Å²) in [5, 5.41) is 5.52. The molecule has 0 saturated heterocycles. The highest BCUT2D eigenvalue weighted by molar-refractivity contribution is 7.13. The predicted octanol–water partition coefficient (Wildman–Crippen LogP) is 5.72. The molecule has 0 aliphatic heterocycles. The molecule has 0 spiro atoms. The monoisotopic (exact) mass is 397 g/mol. The van der Waals surface area contributed by atoms with Gasteiger partial charge >= 0.3 is 0 Å². The number of para-hydroxylation sites is 2. The number of anilines is 1. The van der Waals surface area contributed by atoms with Gasteiger partial charge in [-0.05, 0) is 36.1 Å². The van der Waals surface area contributed by atoms with E-state index in [0.717, 1.165) is 27.4 Å². The lowest BCUT2D eigenvalue weighted by Gasteiger charge is -2.16. The Bertz CT molecular complexity index is 1250. The van der Waals surface area contributed by atoms with Crippen molar-refractivity contribution in [2.75, 3.05) is 5.32 Å². The second-order valence-corrected chi connectivity index (χ2v) is 7.74. The van der Waals surface area contributed by atoms with E-state index in [1.54, 1.807) is 11.3 Å². The molecule has 0 radical (unpaired) electrons. The number of nitrogens with zero attached hydrogens (tertiary/aromatic N) is 4. The molecule has 6 heteroatoms. The van der Waals surface area contributed by atoms with Gasteiger partial charge in [-0.3, -0.25) is 4.57 Å². The Hall–Kier alpha value is -3.51. The Labute approximate surface area is 172 Å². The van der Waals surface area contributed by atoms with Gasteiger partial charge in [0.2, 0.25) is 5.95 Å². The fraction of sp³-hybridized carbons (Fsp3) is 0.0870. The number of hydrogen-bond donors (Lipinski definition) is 1. The van der Waals surface area contributed by atoms with Crippen LogP contribution in [0.15, 0.2) is 84.5 Å². The number of hydrogen-bond acceptors (Lipinski definition) is 5. The second-order valence-electron chi connectivity index (χ2n) is 6.79. The third kappa shape index (κ3) is 3.50. The Morgan fingerprint density at radius 3 is 2.59 bits per heavy atom. The lowest BCUT2D eigenvalue weighted by molar-refractivity contribution is 0.855. The van der Waals surface area contributed by atoms with Crippen LogP contribution in [0.3, 0.4) is 0 Å². The van der Waals surface area contributed by atoms with Gasteiger partial charge < -0.3 is 5.32 Å². The SMILES string of the molecule is CC(Nc1nc(-c2cccs2)cc(-n2cnc3ccccc32)n1)c1ccccc1. The van der Waals surface area contributed by atoms with E-state index in [-0.39, 0.29) is 6.04 Å². The molecular formula is C23H19N5S. The number of aromatic nitrogens is 4. The van der Waals surface area contributed by atoms with E-state index in [2.05, 4.69) is 46.9 Å². The fourth-order valence-corrected chi connectivity index (χ4v) is 4.02. The van der Waals surface area contributed by atoms with Crippen LogP contribution in [0.5, 0.6) is 0 Å². The zero-order chi connectivity index (χ0) is 19.6. The minimum atomic E-state index is 0.0853. The van der Waals surface area contributed by atoms with Gasteiger partial charge in [0.15, 0.2) is 0 Å². The van der Waals surface area contributed by atoms with E-state index >= 15 is 0 Å². The molecule has 3 aromatic heterocycles. The molecule has 0 aliphatic carbocycles. The highest BCUT2D eigenvalue weighted by Gasteiger charge is 2.13. The number of benzene rings is 2. The van der Waals surface area contributed by atoms with Crippen molar-refractivity contribution < 1.29 is 0 Å². The molecule has 1 unspecified atom stereocenters. The van der Waals surface area contributed by atoms with Crippen LogP contribution in [0.1, 0.15) is 18.5 Å². The van der Waals surface area contributed by atoms with Crippen molar-refractivity contribution in [2.45, 2.75) is 13.0 Å². The van der Waals surface area contributed by atoms with Gasteiger partial charge in [0.05, 0.1) is 27.6 Å². The van der Waals surface area contributed by atoms with Crippen molar-refractivity contribution >= 4 is 28.3 Å². The predicted molar refractivity (Wildman–Crippen MR) is 118 cm³/mol. The van der Waals surface area contributed by atoms with Crippen LogP contribution in [-0.2, 0) is 0 Å². The summed E-state index contributed by atoms with van der Waals surface area (Å²) >= 11 is 1.67. The molecule has 5 aromatic rings. The van der Waals surface area contributed by atoms with Crippen LogP contribution in [-0.4, -0.2) is 19.5 Å². The van der Waals surface area contributed by atoms with Crippen molar-refractivity contribution in [3.63, 3.8) is 0 Å². The van der Waals surface area contributed by atoms with E-state index in [1.807, 2.05) is 59.4 Å². The molecule has 0 fully saturated rings. The lowest BCUT2D eigenvalue weighted by Crippen LogP contribution is -2.11. The molecule has 5 nitrogen and oxygen atoms in total. The molecular weight excluding hydrogens is 378 g/mol. The first kappa shape index (κ1) is 17.6. The Morgan fingerprint density at radius 1 is 0.931 bits per heavy atom. The summed E-state index contributed by atoms with van der Waals surface area (Å²) in [7, 11) is 0. The molecule has 1 atom stereocenters. The summed E-state index contributed by atoms with van der Waals surface area (Å²) in [6, 6.07) is 24.6. The Kier molecular flexibility index (Phi) is 4.54. The number of fused-ring (bicyclic) bond motifs is 1. The van der Waals surface area contributed by atoms with Gasteiger partial charge in [0, 0.05) is 6.07 Å². The summed E-state index contributed by atoms with van der Waals surface area (Å²) in [6.07, 6.45) is 1.82. The summed E-state index contributed by atoms with van der Waals surface area (Å²) in [4.78, 5) is 15.2. The van der Waals surface area contributed by atoms with Crippen molar-refractivity contribution in [3.8, 4) is 16.4 Å². The molecule has 0 bridgehead atoms. The van der Waals surface area contributed by atoms with Crippen LogP contribution < -0.4 is 5.32 Å². The maximum absolute atomic E-state index is 4.81. The van der Waals surface area contributed by atoms with Crippen molar-refractivity contribution in [1.29, 1.82) is 0 Å². The van der Waals surface area contributed by atoms with Crippen LogP contribution in [0.2, 0.25) is 0 Å². The molecule has 5 rings (SSSR count). The Morgan fingerprint density at radius 2 is 1.76 bits per heavy atom. The van der Waals surface area contributed by atoms with Crippen LogP contribution in [0.4, 0.5) is 5.95 Å². The normalized spacial score (nSPS) is 12.2. The number of nitrogens with one attached hydrogen (secondary N) is 1. The summed E-state index contributed by atoms with van der Waals surface area (Å²) in [5.74, 6) is 1.39. The van der Waals surface area contributed by atoms with Crippen LogP contribution in [0.25, 0.3) is 27.4 Å². The topological polar surface area (TPSA) is 55.6 Å². The molecule has 2 aromatic carbocycles. The molecule has 0 aliphatic rings. The van der Waals surface area contributed by atoms with E-state index in [4.69, 9.17) is 9.97 Å². The number of imidazole rings is 1. The molecule has 0 amide bonds. The van der Waals surface area contributed by atoms with Crippen molar-refractivity contribution in [1.82, 2.24) is 19.5 Å². The minimum absolute atomic E-state index is 0.0853. The van der Waals surface area contributed by atoms with Crippen LogP contribution in [0, 0.1) is 0 Å². The maximum Gasteiger partial charge on any atom is 0.225 e. The maximum atomic E-state index is 4.81. The molecule has 1 N–H and O–H groups in total. The average Bonchev–Trinajstić information content (AvgIpc) is 3.44. The first-order valence-electron chi connectivity index (χ1n) is 9.45. The summed E-state index contributed by atoms with van der Waals surface area (Å²) < 4.78 is 2.01. The summed E-state index contributed by atoms with van der Waals surface area (Å²) in [5.41, 5.74) is 4.04. The molecule has 29 heavy (non-hydrogen) atoms. The smallest absolute Gasteiger partial charge is 0.225 e. The zero-order valence-electron chi connectivity index (χ0n) is 15.9. The average molecular weight is 398 g/mol. The number of thiophene rings is 1. The largest absolute Gasteiger partial charge is 0.348 e. The van der Waals surface area contributed by atoms with E-state index < -0.39 is 0 Å². The van der Waals surface area contributed by atoms with Gasteiger partial charge in [-0.1, -0.05) is 48.5 Å². The van der Waals surface area contributed by atoms with Crippen molar-refractivity contribution in [3.05, 3.63) is 90.1 Å². The fourth-order valence-electron chi connectivity index (χ4n) is 3.33. The first-order chi connectivity index (χ1) is 14.3. The highest BCUT2D eigenvalue weighted by atomic mass is 32.1. The molecule has 3 heterocycles. The van der Waals surface area contributed by atoms with Crippen molar-refractivity contribution in [2.24, 2.45) is 0 Å². The standard InChI is InChI=1S/C23H19N5S/c1-16(17-8-3-2-4-9-17)25-23-26-19(21-12-7-13-29-21)14-22(27-23)28-15-24-18-10-5-6-11-20(18)28/h2-16H,1H3,(H,25,26,27). The Balaban J connectivity index is 1.60. The minimum Gasteiger partial charge on any atom is -0.348 e. The van der Waals surface area contributed by atoms with Crippen LogP contribution >= 0.6 is 11.3 Å². The van der Waals surface area contributed by atoms with Gasteiger partial charge in [-0.2, -0.15) is 4.98 Å². The molecule has 142 valence electrons. The van der Waals surface area contributed by atoms with E-state index in [9.17, 15) is 0 Å². The molecule has 0 saturated carbocycles. The van der Waals surface area contributed by atoms with Gasteiger partial charge in [-0.15, -0.1) is 11.3 Å². The van der Waals surface area contributed by atoms with Gasteiger partial charge in [0.25, 0.3) is 0 Å². The third-order valence-electron chi connectivity index (χ3n) is 4.83. The second kappa shape index (κ2) is 7.48. The third-order valence-corrected chi connectivity index (χ3v) is 5.72. The van der Waals surface area contributed by atoms with Gasteiger partial charge in [-0.25, -0.2) is 9.97 Å². The number of rotatable bonds is 5. The zero-order valence-corrected chi connectivity index (χ0v) is 16.7. The first-order valence-corrected chi connectivity index (χ1v) is 10.3. The quantitative estimate of drug-likeness (QED) is 0.412.